The topological polar surface area (TPSA) is 20.2 Å². The van der Waals surface area contributed by atoms with Crippen molar-refractivity contribution < 1.29 is 9.50 Å². The van der Waals surface area contributed by atoms with E-state index in [1.165, 1.54) is 19.3 Å². The molecule has 1 atom stereocenters. The molecule has 4 rings (SSSR count). The summed E-state index contributed by atoms with van der Waals surface area (Å²) >= 11 is 0. The molecule has 0 amide bonds. The minimum absolute atomic E-state index is 0.108. The van der Waals surface area contributed by atoms with Crippen molar-refractivity contribution in [3.63, 3.8) is 0 Å². The maximum atomic E-state index is 13.8. The van der Waals surface area contributed by atoms with Crippen LogP contribution >= 0.6 is 0 Å². The quantitative estimate of drug-likeness (QED) is 0.723. The van der Waals surface area contributed by atoms with Crippen molar-refractivity contribution in [2.45, 2.75) is 44.7 Å². The van der Waals surface area contributed by atoms with E-state index in [0.29, 0.717) is 0 Å². The molecule has 14 heavy (non-hydrogen) atoms. The van der Waals surface area contributed by atoms with E-state index < -0.39 is 6.17 Å². The van der Waals surface area contributed by atoms with Crippen LogP contribution in [0.2, 0.25) is 0 Å². The van der Waals surface area contributed by atoms with E-state index in [1.807, 2.05) is 0 Å². The van der Waals surface area contributed by atoms with Crippen molar-refractivity contribution in [1.29, 1.82) is 0 Å². The highest BCUT2D eigenvalue weighted by atomic mass is 19.1. The smallest absolute Gasteiger partial charge is 0.129 e. The van der Waals surface area contributed by atoms with Gasteiger partial charge in [0.25, 0.3) is 0 Å². The molecule has 1 N–H and O–H groups in total. The molecular formula is C12H19FO. The van der Waals surface area contributed by atoms with Crippen LogP contribution in [-0.2, 0) is 0 Å². The zero-order valence-electron chi connectivity index (χ0n) is 8.58. The van der Waals surface area contributed by atoms with Crippen LogP contribution in [0.15, 0.2) is 0 Å². The molecule has 0 aromatic rings. The van der Waals surface area contributed by atoms with Crippen LogP contribution in [-0.4, -0.2) is 17.9 Å². The van der Waals surface area contributed by atoms with Crippen LogP contribution in [0, 0.1) is 23.2 Å². The van der Waals surface area contributed by atoms with Gasteiger partial charge in [-0.3, -0.25) is 0 Å². The average molecular weight is 198 g/mol. The third-order valence-electron chi connectivity index (χ3n) is 4.91. The summed E-state index contributed by atoms with van der Waals surface area (Å²) < 4.78 is 13.8. The molecule has 4 aliphatic carbocycles. The zero-order valence-corrected chi connectivity index (χ0v) is 8.58. The summed E-state index contributed by atoms with van der Waals surface area (Å²) in [4.78, 5) is 0. The van der Waals surface area contributed by atoms with Gasteiger partial charge in [0.1, 0.15) is 6.17 Å². The predicted molar refractivity (Wildman–Crippen MR) is 52.6 cm³/mol. The SMILES string of the molecule is OCC(F)C12CC3CC(CC(C3)C1)C2. The number of aliphatic hydroxyl groups is 1. The van der Waals surface area contributed by atoms with Gasteiger partial charge in [-0.2, -0.15) is 0 Å². The van der Waals surface area contributed by atoms with Gasteiger partial charge in [0.2, 0.25) is 0 Å². The lowest BCUT2D eigenvalue weighted by Crippen LogP contribution is -2.51. The summed E-state index contributed by atoms with van der Waals surface area (Å²) in [5, 5.41) is 9.02. The Bertz CT molecular complexity index is 203. The Balaban J connectivity index is 1.87. The molecule has 1 unspecified atom stereocenters. The molecule has 4 bridgehead atoms. The average Bonchev–Trinajstić information content (AvgIpc) is 2.14. The molecule has 0 aromatic heterocycles. The van der Waals surface area contributed by atoms with E-state index in [-0.39, 0.29) is 12.0 Å². The lowest BCUT2D eigenvalue weighted by atomic mass is 9.48. The molecule has 0 heterocycles. The fraction of sp³-hybridized carbons (Fsp3) is 1.00. The molecule has 0 aliphatic heterocycles. The van der Waals surface area contributed by atoms with Crippen LogP contribution in [0.5, 0.6) is 0 Å². The first-order valence-electron chi connectivity index (χ1n) is 5.97. The van der Waals surface area contributed by atoms with E-state index in [4.69, 9.17) is 5.11 Å². The number of hydrogen-bond donors (Lipinski definition) is 1. The molecule has 0 aromatic carbocycles. The molecule has 4 aliphatic rings. The molecule has 4 fully saturated rings. The van der Waals surface area contributed by atoms with Crippen molar-refractivity contribution in [3.05, 3.63) is 0 Å². The number of rotatable bonds is 2. The van der Waals surface area contributed by atoms with Gasteiger partial charge in [0.15, 0.2) is 0 Å². The highest BCUT2D eigenvalue weighted by molar-refractivity contribution is 5.04. The summed E-state index contributed by atoms with van der Waals surface area (Å²) in [6.07, 6.45) is 6.25. The Kier molecular flexibility index (Phi) is 1.92. The van der Waals surface area contributed by atoms with Gasteiger partial charge in [0, 0.05) is 5.41 Å². The largest absolute Gasteiger partial charge is 0.393 e. The fourth-order valence-corrected chi connectivity index (χ4v) is 4.75. The van der Waals surface area contributed by atoms with Crippen LogP contribution in [0.25, 0.3) is 0 Å². The van der Waals surface area contributed by atoms with Gasteiger partial charge >= 0.3 is 0 Å². The molecule has 2 heteroatoms. The van der Waals surface area contributed by atoms with Gasteiger partial charge in [-0.05, 0) is 56.3 Å². The molecular weight excluding hydrogens is 179 g/mol. The second kappa shape index (κ2) is 2.94. The summed E-state index contributed by atoms with van der Waals surface area (Å²) in [5.74, 6) is 2.35. The number of hydrogen-bond acceptors (Lipinski definition) is 1. The van der Waals surface area contributed by atoms with Crippen molar-refractivity contribution in [2.75, 3.05) is 6.61 Å². The van der Waals surface area contributed by atoms with E-state index >= 15 is 0 Å². The Labute approximate surface area is 84.7 Å². The predicted octanol–water partition coefficient (Wildman–Crippen LogP) is 2.53. The van der Waals surface area contributed by atoms with Crippen molar-refractivity contribution in [1.82, 2.24) is 0 Å². The van der Waals surface area contributed by atoms with E-state index in [0.717, 1.165) is 37.0 Å². The highest BCUT2D eigenvalue weighted by Crippen LogP contribution is 2.61. The molecule has 4 saturated carbocycles. The first-order chi connectivity index (χ1) is 6.72. The number of alkyl halides is 1. The lowest BCUT2D eigenvalue weighted by molar-refractivity contribution is -0.106. The maximum absolute atomic E-state index is 13.8. The van der Waals surface area contributed by atoms with Crippen LogP contribution in [0.4, 0.5) is 4.39 Å². The van der Waals surface area contributed by atoms with Crippen LogP contribution < -0.4 is 0 Å². The van der Waals surface area contributed by atoms with Gasteiger partial charge in [-0.15, -0.1) is 0 Å². The molecule has 1 nitrogen and oxygen atoms in total. The number of halogens is 1. The summed E-state index contributed by atoms with van der Waals surface area (Å²) in [6.45, 7) is -0.258. The monoisotopic (exact) mass is 198 g/mol. The second-order valence-electron chi connectivity index (χ2n) is 5.93. The van der Waals surface area contributed by atoms with Crippen molar-refractivity contribution in [3.8, 4) is 0 Å². The first-order valence-corrected chi connectivity index (χ1v) is 5.97. The Morgan fingerprint density at radius 2 is 1.50 bits per heavy atom. The maximum Gasteiger partial charge on any atom is 0.129 e. The summed E-state index contributed by atoms with van der Waals surface area (Å²) in [5.41, 5.74) is -0.108. The molecule has 0 spiro atoms. The minimum Gasteiger partial charge on any atom is -0.393 e. The second-order valence-corrected chi connectivity index (χ2v) is 5.93. The first kappa shape index (κ1) is 9.14. The minimum atomic E-state index is -0.948. The Morgan fingerprint density at radius 3 is 1.86 bits per heavy atom. The van der Waals surface area contributed by atoms with E-state index in [1.54, 1.807) is 0 Å². The summed E-state index contributed by atoms with van der Waals surface area (Å²) in [6, 6.07) is 0. The lowest BCUT2D eigenvalue weighted by Gasteiger charge is -2.57. The van der Waals surface area contributed by atoms with Gasteiger partial charge in [0.05, 0.1) is 6.61 Å². The summed E-state index contributed by atoms with van der Waals surface area (Å²) in [7, 11) is 0. The fourth-order valence-electron chi connectivity index (χ4n) is 4.75. The third kappa shape index (κ3) is 1.16. The van der Waals surface area contributed by atoms with E-state index in [9.17, 15) is 4.39 Å². The normalized spacial score (nSPS) is 52.3. The van der Waals surface area contributed by atoms with Gasteiger partial charge < -0.3 is 5.11 Å². The molecule has 80 valence electrons. The van der Waals surface area contributed by atoms with Crippen LogP contribution in [0.3, 0.4) is 0 Å². The molecule has 0 radical (unpaired) electrons. The van der Waals surface area contributed by atoms with Crippen molar-refractivity contribution >= 4 is 0 Å². The zero-order chi connectivity index (χ0) is 9.76. The van der Waals surface area contributed by atoms with E-state index in [2.05, 4.69) is 0 Å². The highest BCUT2D eigenvalue weighted by Gasteiger charge is 2.54. The molecule has 0 saturated heterocycles. The van der Waals surface area contributed by atoms with Crippen LogP contribution in [0.1, 0.15) is 38.5 Å². The Morgan fingerprint density at radius 1 is 1.07 bits per heavy atom. The Hall–Kier alpha value is -0.110. The number of aliphatic hydroxyl groups excluding tert-OH is 1. The standard InChI is InChI=1S/C12H19FO/c13-11(7-14)12-4-8-1-9(5-12)3-10(2-8)6-12/h8-11,14H,1-7H2. The van der Waals surface area contributed by atoms with Gasteiger partial charge in [-0.25, -0.2) is 4.39 Å². The third-order valence-corrected chi connectivity index (χ3v) is 4.91. The van der Waals surface area contributed by atoms with Crippen molar-refractivity contribution in [2.24, 2.45) is 23.2 Å². The van der Waals surface area contributed by atoms with Gasteiger partial charge in [-0.1, -0.05) is 0 Å².